The molecule has 0 N–H and O–H groups in total. The lowest BCUT2D eigenvalue weighted by molar-refractivity contribution is 0.362. The molecule has 4 heteroatoms. The fraction of sp³-hybridized carbons (Fsp3) is 0.455. The number of furan rings is 1. The van der Waals surface area contributed by atoms with Crippen molar-refractivity contribution in [3.05, 3.63) is 28.9 Å². The normalized spacial score (nSPS) is 13.6. The number of hydrogen-bond acceptors (Lipinski definition) is 3. The second kappa shape index (κ2) is 3.53. The Morgan fingerprint density at radius 3 is 2.80 bits per heavy atom. The van der Waals surface area contributed by atoms with Crippen molar-refractivity contribution in [1.82, 2.24) is 9.78 Å². The highest BCUT2D eigenvalue weighted by Gasteiger charge is 2.14. The monoisotopic (exact) mass is 206 g/mol. The van der Waals surface area contributed by atoms with Gasteiger partial charge in [0.2, 0.25) is 0 Å². The lowest BCUT2D eigenvalue weighted by Gasteiger charge is -2.16. The SMILES string of the molecule is CC(C)C(C)n1ncc2occc2c1=O. The van der Waals surface area contributed by atoms with Gasteiger partial charge in [0.05, 0.1) is 23.9 Å². The average molecular weight is 206 g/mol. The minimum atomic E-state index is -0.0811. The first kappa shape index (κ1) is 9.96. The molecule has 0 aromatic carbocycles. The maximum Gasteiger partial charge on any atom is 0.278 e. The van der Waals surface area contributed by atoms with Crippen LogP contribution in [0.4, 0.5) is 0 Å². The van der Waals surface area contributed by atoms with E-state index in [1.54, 1.807) is 12.3 Å². The molecule has 2 heterocycles. The molecule has 0 saturated heterocycles. The van der Waals surface area contributed by atoms with Crippen molar-refractivity contribution in [3.8, 4) is 0 Å². The minimum Gasteiger partial charge on any atom is -0.462 e. The summed E-state index contributed by atoms with van der Waals surface area (Å²) in [4.78, 5) is 12.0. The number of nitrogens with zero attached hydrogens (tertiary/aromatic N) is 2. The van der Waals surface area contributed by atoms with Crippen LogP contribution in [0.15, 0.2) is 27.7 Å². The third kappa shape index (κ3) is 1.56. The minimum absolute atomic E-state index is 0.0811. The summed E-state index contributed by atoms with van der Waals surface area (Å²) in [6.45, 7) is 6.13. The summed E-state index contributed by atoms with van der Waals surface area (Å²) in [5, 5.41) is 4.71. The van der Waals surface area contributed by atoms with Crippen LogP contribution in [0, 0.1) is 5.92 Å². The second-order valence-electron chi connectivity index (χ2n) is 4.08. The van der Waals surface area contributed by atoms with Crippen LogP contribution in [-0.2, 0) is 0 Å². The van der Waals surface area contributed by atoms with Gasteiger partial charge in [0.25, 0.3) is 5.56 Å². The van der Waals surface area contributed by atoms with E-state index in [2.05, 4.69) is 18.9 Å². The van der Waals surface area contributed by atoms with Crippen LogP contribution >= 0.6 is 0 Å². The quantitative estimate of drug-likeness (QED) is 0.756. The maximum absolute atomic E-state index is 12.0. The number of aromatic nitrogens is 2. The lowest BCUT2D eigenvalue weighted by Crippen LogP contribution is -2.28. The fourth-order valence-corrected chi connectivity index (χ4v) is 1.46. The Morgan fingerprint density at radius 2 is 2.13 bits per heavy atom. The molecule has 0 fully saturated rings. The Balaban J connectivity index is 2.62. The van der Waals surface area contributed by atoms with Gasteiger partial charge in [-0.3, -0.25) is 4.79 Å². The van der Waals surface area contributed by atoms with E-state index in [1.165, 1.54) is 10.9 Å². The molecule has 2 aromatic rings. The predicted molar refractivity (Wildman–Crippen MR) is 57.8 cm³/mol. The largest absolute Gasteiger partial charge is 0.462 e. The molecule has 1 atom stereocenters. The van der Waals surface area contributed by atoms with Crippen LogP contribution < -0.4 is 5.56 Å². The molecule has 4 nitrogen and oxygen atoms in total. The van der Waals surface area contributed by atoms with Gasteiger partial charge in [0, 0.05) is 0 Å². The number of rotatable bonds is 2. The first-order chi connectivity index (χ1) is 7.11. The van der Waals surface area contributed by atoms with E-state index in [1.807, 2.05) is 6.92 Å². The molecule has 0 aliphatic rings. The highest BCUT2D eigenvalue weighted by atomic mass is 16.3. The maximum atomic E-state index is 12.0. The van der Waals surface area contributed by atoms with E-state index in [0.29, 0.717) is 16.9 Å². The molecule has 2 rings (SSSR count). The van der Waals surface area contributed by atoms with Gasteiger partial charge in [0.15, 0.2) is 5.58 Å². The Hall–Kier alpha value is -1.58. The van der Waals surface area contributed by atoms with Crippen molar-refractivity contribution in [2.75, 3.05) is 0 Å². The summed E-state index contributed by atoms with van der Waals surface area (Å²) in [7, 11) is 0. The van der Waals surface area contributed by atoms with Gasteiger partial charge >= 0.3 is 0 Å². The zero-order valence-corrected chi connectivity index (χ0v) is 9.10. The molecular formula is C11H14N2O2. The highest BCUT2D eigenvalue weighted by molar-refractivity contribution is 5.74. The van der Waals surface area contributed by atoms with Crippen LogP contribution in [0.25, 0.3) is 11.0 Å². The van der Waals surface area contributed by atoms with Crippen LogP contribution in [0.2, 0.25) is 0 Å². The van der Waals surface area contributed by atoms with E-state index in [0.717, 1.165) is 0 Å². The Morgan fingerprint density at radius 1 is 1.40 bits per heavy atom. The van der Waals surface area contributed by atoms with Crippen molar-refractivity contribution in [1.29, 1.82) is 0 Å². The summed E-state index contributed by atoms with van der Waals surface area (Å²) < 4.78 is 6.63. The smallest absolute Gasteiger partial charge is 0.278 e. The molecule has 80 valence electrons. The second-order valence-corrected chi connectivity index (χ2v) is 4.08. The van der Waals surface area contributed by atoms with Crippen molar-refractivity contribution in [2.45, 2.75) is 26.8 Å². The number of hydrogen-bond donors (Lipinski definition) is 0. The van der Waals surface area contributed by atoms with Crippen LogP contribution in [0.1, 0.15) is 26.8 Å². The first-order valence-corrected chi connectivity index (χ1v) is 5.06. The molecule has 0 aliphatic carbocycles. The van der Waals surface area contributed by atoms with Gasteiger partial charge < -0.3 is 4.42 Å². The summed E-state index contributed by atoms with van der Waals surface area (Å²) in [5.74, 6) is 0.375. The van der Waals surface area contributed by atoms with E-state index < -0.39 is 0 Å². The van der Waals surface area contributed by atoms with E-state index >= 15 is 0 Å². The molecular weight excluding hydrogens is 192 g/mol. The van der Waals surface area contributed by atoms with Crippen molar-refractivity contribution in [2.24, 2.45) is 5.92 Å². The summed E-state index contributed by atoms with van der Waals surface area (Å²) in [6.07, 6.45) is 3.10. The van der Waals surface area contributed by atoms with Gasteiger partial charge in [-0.25, -0.2) is 4.68 Å². The molecule has 0 aliphatic heterocycles. The topological polar surface area (TPSA) is 48.0 Å². The third-order valence-corrected chi connectivity index (χ3v) is 2.78. The van der Waals surface area contributed by atoms with Crippen LogP contribution in [0.5, 0.6) is 0 Å². The van der Waals surface area contributed by atoms with Crippen molar-refractivity contribution < 1.29 is 4.42 Å². The molecule has 0 amide bonds. The van der Waals surface area contributed by atoms with E-state index in [4.69, 9.17) is 4.42 Å². The van der Waals surface area contributed by atoms with Gasteiger partial charge in [-0.15, -0.1) is 0 Å². The Labute approximate surface area is 87.5 Å². The molecule has 0 spiro atoms. The molecule has 0 bridgehead atoms. The zero-order chi connectivity index (χ0) is 11.0. The zero-order valence-electron chi connectivity index (χ0n) is 9.10. The molecule has 2 aromatic heterocycles. The van der Waals surface area contributed by atoms with Crippen molar-refractivity contribution in [3.63, 3.8) is 0 Å². The number of fused-ring (bicyclic) bond motifs is 1. The van der Waals surface area contributed by atoms with Crippen LogP contribution in [0.3, 0.4) is 0 Å². The van der Waals surface area contributed by atoms with Gasteiger partial charge in [-0.2, -0.15) is 5.10 Å². The fourth-order valence-electron chi connectivity index (χ4n) is 1.46. The summed E-state index contributed by atoms with van der Waals surface area (Å²) in [6, 6.07) is 1.78. The highest BCUT2D eigenvalue weighted by Crippen LogP contribution is 2.15. The summed E-state index contributed by atoms with van der Waals surface area (Å²) >= 11 is 0. The van der Waals surface area contributed by atoms with Crippen LogP contribution in [-0.4, -0.2) is 9.78 Å². The Kier molecular flexibility index (Phi) is 2.34. The molecule has 15 heavy (non-hydrogen) atoms. The third-order valence-electron chi connectivity index (χ3n) is 2.78. The summed E-state index contributed by atoms with van der Waals surface area (Å²) in [5.41, 5.74) is 0.467. The van der Waals surface area contributed by atoms with Gasteiger partial charge in [-0.1, -0.05) is 13.8 Å². The Bertz CT molecular complexity index is 525. The standard InChI is InChI=1S/C11H14N2O2/c1-7(2)8(3)13-11(14)9-4-5-15-10(9)6-12-13/h4-8H,1-3H3. The lowest BCUT2D eigenvalue weighted by atomic mass is 10.1. The van der Waals surface area contributed by atoms with Gasteiger partial charge in [0.1, 0.15) is 0 Å². The first-order valence-electron chi connectivity index (χ1n) is 5.06. The predicted octanol–water partition coefficient (Wildman–Crippen LogP) is 2.21. The molecule has 0 saturated carbocycles. The average Bonchev–Trinajstić information content (AvgIpc) is 2.66. The molecule has 0 radical (unpaired) electrons. The van der Waals surface area contributed by atoms with E-state index in [9.17, 15) is 4.79 Å². The van der Waals surface area contributed by atoms with Gasteiger partial charge in [-0.05, 0) is 18.9 Å². The van der Waals surface area contributed by atoms with Crippen molar-refractivity contribution >= 4 is 11.0 Å². The van der Waals surface area contributed by atoms with E-state index in [-0.39, 0.29) is 11.6 Å². The molecule has 1 unspecified atom stereocenters.